The van der Waals surface area contributed by atoms with E-state index in [9.17, 15) is 47.4 Å². The predicted octanol–water partition coefficient (Wildman–Crippen LogP) is 0.726. The first-order valence-corrected chi connectivity index (χ1v) is 12.8. The minimum absolute atomic E-state index is 0.132. The molecule has 10 nitrogen and oxygen atoms in total. The average Bonchev–Trinajstić information content (AvgIpc) is 2.79. The van der Waals surface area contributed by atoms with Crippen LogP contribution in [0.2, 0.25) is 0 Å². The van der Waals surface area contributed by atoms with Crippen LogP contribution in [-0.4, -0.2) is 87.9 Å². The molecule has 2 fully saturated rings. The fourth-order valence-corrected chi connectivity index (χ4v) is 6.67. The van der Waals surface area contributed by atoms with Crippen molar-refractivity contribution in [2.75, 3.05) is 21.1 Å². The standard InChI is InChI=1S/C27H32F3N3O7/c1-10(2)33(5)9-12-8-15(34)17-13(19(12)27(28,29)30)6-11-7-14-20(32(3)4)22(36)18(25(31)39)24(38)26(14,40)23(37)16(11)21(17)35/h8,10-11,14,16,18,20,34,40H,6-7,9H2,1-5H3,(H2,31,39)/t11-,14-,16?,18?,20-,26-/m0/s1. The Bertz CT molecular complexity index is 1330. The molecule has 0 radical (unpaired) electrons. The first kappa shape index (κ1) is 29.8. The zero-order valence-electron chi connectivity index (χ0n) is 22.7. The number of ketones is 4. The number of benzene rings is 1. The van der Waals surface area contributed by atoms with Crippen LogP contribution in [0.15, 0.2) is 6.07 Å². The van der Waals surface area contributed by atoms with E-state index in [2.05, 4.69) is 0 Å². The summed E-state index contributed by atoms with van der Waals surface area (Å²) in [6.45, 7) is 3.38. The predicted molar refractivity (Wildman–Crippen MR) is 133 cm³/mol. The summed E-state index contributed by atoms with van der Waals surface area (Å²) < 4.78 is 43.5. The number of nitrogens with zero attached hydrogens (tertiary/aromatic N) is 2. The van der Waals surface area contributed by atoms with Crippen molar-refractivity contribution in [1.82, 2.24) is 9.80 Å². The van der Waals surface area contributed by atoms with Crippen LogP contribution in [0.4, 0.5) is 13.2 Å². The van der Waals surface area contributed by atoms with Crippen LogP contribution < -0.4 is 5.73 Å². The number of carbonyl (C=O) groups is 5. The Morgan fingerprint density at radius 1 is 1.15 bits per heavy atom. The van der Waals surface area contributed by atoms with E-state index in [0.29, 0.717) is 0 Å². The largest absolute Gasteiger partial charge is 0.507 e. The van der Waals surface area contributed by atoms with Gasteiger partial charge in [-0.15, -0.1) is 0 Å². The summed E-state index contributed by atoms with van der Waals surface area (Å²) in [7, 11) is 4.46. The number of fused-ring (bicyclic) bond motifs is 3. The number of phenolic OH excluding ortho intramolecular Hbond substituents is 1. The smallest absolute Gasteiger partial charge is 0.417 e. The lowest BCUT2D eigenvalue weighted by Gasteiger charge is -2.52. The molecule has 6 atom stereocenters. The van der Waals surface area contributed by atoms with E-state index in [1.807, 2.05) is 0 Å². The van der Waals surface area contributed by atoms with Crippen LogP contribution in [0.1, 0.15) is 47.3 Å². The van der Waals surface area contributed by atoms with Crippen molar-refractivity contribution in [2.45, 2.75) is 57.1 Å². The van der Waals surface area contributed by atoms with Crippen molar-refractivity contribution in [3.05, 3.63) is 28.3 Å². The van der Waals surface area contributed by atoms with Crippen molar-refractivity contribution < 1.29 is 47.4 Å². The normalized spacial score (nSPS) is 30.6. The maximum absolute atomic E-state index is 14.5. The Balaban J connectivity index is 1.91. The van der Waals surface area contributed by atoms with E-state index in [4.69, 9.17) is 5.73 Å². The molecule has 1 aromatic carbocycles. The highest BCUT2D eigenvalue weighted by Crippen LogP contribution is 2.52. The van der Waals surface area contributed by atoms with Gasteiger partial charge < -0.3 is 15.9 Å². The number of likely N-dealkylation sites (N-methyl/N-ethyl adjacent to an activating group) is 1. The van der Waals surface area contributed by atoms with Gasteiger partial charge in [0, 0.05) is 18.5 Å². The van der Waals surface area contributed by atoms with Crippen molar-refractivity contribution in [3.8, 4) is 5.75 Å². The van der Waals surface area contributed by atoms with Crippen LogP contribution >= 0.6 is 0 Å². The van der Waals surface area contributed by atoms with Crippen LogP contribution in [0, 0.1) is 23.7 Å². The monoisotopic (exact) mass is 567 g/mol. The number of nitrogens with two attached hydrogens (primary N) is 1. The molecule has 4 rings (SSSR count). The van der Waals surface area contributed by atoms with Crippen molar-refractivity contribution >= 4 is 29.0 Å². The highest BCUT2D eigenvalue weighted by molar-refractivity contribution is 6.32. The third-order valence-corrected chi connectivity index (χ3v) is 8.73. The van der Waals surface area contributed by atoms with Crippen LogP contribution in [0.25, 0.3) is 0 Å². The lowest BCUT2D eigenvalue weighted by atomic mass is 9.52. The maximum Gasteiger partial charge on any atom is 0.417 e. The van der Waals surface area contributed by atoms with E-state index in [-0.39, 0.29) is 24.6 Å². The molecule has 0 aromatic heterocycles. The number of primary amides is 1. The molecule has 1 amide bonds. The van der Waals surface area contributed by atoms with Gasteiger partial charge in [-0.25, -0.2) is 0 Å². The molecule has 0 bridgehead atoms. The molecule has 0 aliphatic heterocycles. The lowest BCUT2D eigenvalue weighted by Crippen LogP contribution is -2.74. The second kappa shape index (κ2) is 9.74. The van der Waals surface area contributed by atoms with Gasteiger partial charge in [0.05, 0.1) is 23.1 Å². The Hall–Kier alpha value is -3.16. The zero-order chi connectivity index (χ0) is 30.2. The van der Waals surface area contributed by atoms with Gasteiger partial charge in [-0.3, -0.25) is 33.8 Å². The quantitative estimate of drug-likeness (QED) is 0.436. The topological polar surface area (TPSA) is 158 Å². The SMILES string of the molecule is CC(C)N(C)Cc1cc(O)c2c(c1C(F)(F)F)C[C@H]1C[C@H]3[C@H](N(C)C)C(=O)C(C(N)=O)C(=O)[C@@]3(O)C(=O)C1C2=O. The average molecular weight is 568 g/mol. The second-order valence-corrected chi connectivity index (χ2v) is 11.6. The molecule has 0 spiro atoms. The number of amides is 1. The number of phenols is 1. The maximum atomic E-state index is 14.5. The fourth-order valence-electron chi connectivity index (χ4n) is 6.67. The van der Waals surface area contributed by atoms with Crippen LogP contribution in [-0.2, 0) is 38.3 Å². The number of hydrogen-bond acceptors (Lipinski definition) is 9. The summed E-state index contributed by atoms with van der Waals surface area (Å²) in [5, 5.41) is 22.3. The van der Waals surface area contributed by atoms with Gasteiger partial charge in [0.2, 0.25) is 5.91 Å². The molecule has 3 aliphatic carbocycles. The van der Waals surface area contributed by atoms with Gasteiger partial charge in [-0.05, 0) is 70.9 Å². The number of alkyl halides is 3. The summed E-state index contributed by atoms with van der Waals surface area (Å²) in [6, 6.07) is -0.616. The number of aromatic hydroxyl groups is 1. The van der Waals surface area contributed by atoms with Crippen molar-refractivity contribution in [1.29, 1.82) is 0 Å². The Morgan fingerprint density at radius 3 is 2.25 bits per heavy atom. The summed E-state index contributed by atoms with van der Waals surface area (Å²) in [5.74, 6) is -13.4. The molecule has 0 heterocycles. The lowest BCUT2D eigenvalue weighted by molar-refractivity contribution is -0.181. The first-order valence-electron chi connectivity index (χ1n) is 12.8. The van der Waals surface area contributed by atoms with Gasteiger partial charge in [0.1, 0.15) is 5.75 Å². The van der Waals surface area contributed by atoms with Gasteiger partial charge in [-0.1, -0.05) is 0 Å². The molecule has 3 aliphatic rings. The van der Waals surface area contributed by atoms with E-state index in [1.165, 1.54) is 19.0 Å². The first-order chi connectivity index (χ1) is 18.3. The number of Topliss-reactive ketones (excluding diaryl/α,β-unsaturated/α-hetero) is 4. The van der Waals surface area contributed by atoms with Gasteiger partial charge in [0.25, 0.3) is 0 Å². The van der Waals surface area contributed by atoms with Crippen LogP contribution in [0.3, 0.4) is 0 Å². The number of aliphatic hydroxyl groups is 1. The van der Waals surface area contributed by atoms with E-state index >= 15 is 0 Å². The highest BCUT2D eigenvalue weighted by atomic mass is 19.4. The minimum Gasteiger partial charge on any atom is -0.507 e. The molecule has 4 N–H and O–H groups in total. The Morgan fingerprint density at radius 2 is 1.75 bits per heavy atom. The summed E-state index contributed by atoms with van der Waals surface area (Å²) in [5.41, 5.74) is -0.151. The molecular formula is C27H32F3N3O7. The molecule has 1 aromatic rings. The van der Waals surface area contributed by atoms with Crippen molar-refractivity contribution in [2.24, 2.45) is 29.4 Å². The molecule has 218 valence electrons. The molecule has 13 heteroatoms. The van der Waals surface area contributed by atoms with Gasteiger partial charge in [-0.2, -0.15) is 13.2 Å². The number of rotatable bonds is 5. The third kappa shape index (κ3) is 4.25. The molecule has 2 saturated carbocycles. The summed E-state index contributed by atoms with van der Waals surface area (Å²) in [4.78, 5) is 68.8. The van der Waals surface area contributed by atoms with Crippen molar-refractivity contribution in [3.63, 3.8) is 0 Å². The Kier molecular flexibility index (Phi) is 7.26. The zero-order valence-corrected chi connectivity index (χ0v) is 22.7. The fraction of sp³-hybridized carbons (Fsp3) is 0.593. The van der Waals surface area contributed by atoms with E-state index in [0.717, 1.165) is 6.07 Å². The van der Waals surface area contributed by atoms with Crippen LogP contribution in [0.5, 0.6) is 5.75 Å². The van der Waals surface area contributed by atoms with E-state index in [1.54, 1.807) is 25.8 Å². The molecule has 2 unspecified atom stereocenters. The van der Waals surface area contributed by atoms with Gasteiger partial charge >= 0.3 is 6.18 Å². The summed E-state index contributed by atoms with van der Waals surface area (Å²) >= 11 is 0. The Labute approximate surface area is 228 Å². The minimum atomic E-state index is -4.91. The number of carbonyl (C=O) groups excluding carboxylic acids is 5. The number of halogens is 3. The second-order valence-electron chi connectivity index (χ2n) is 11.6. The molecule has 0 saturated heterocycles. The summed E-state index contributed by atoms with van der Waals surface area (Å²) in [6.07, 6.45) is -5.71. The molecular weight excluding hydrogens is 535 g/mol. The molecule has 40 heavy (non-hydrogen) atoms. The number of hydrogen-bond donors (Lipinski definition) is 3. The van der Waals surface area contributed by atoms with Gasteiger partial charge in [0.15, 0.2) is 34.7 Å². The highest BCUT2D eigenvalue weighted by Gasteiger charge is 2.69. The van der Waals surface area contributed by atoms with E-state index < -0.39 is 99.4 Å². The third-order valence-electron chi connectivity index (χ3n) is 8.73.